The molecule has 2 aromatic heterocycles. The summed E-state index contributed by atoms with van der Waals surface area (Å²) in [6.07, 6.45) is 0.0462. The summed E-state index contributed by atoms with van der Waals surface area (Å²) in [5.41, 5.74) is 12.9. The molecule has 3 aromatic rings. The van der Waals surface area contributed by atoms with Crippen molar-refractivity contribution in [2.45, 2.75) is 31.2 Å². The Balaban J connectivity index is 1.62. The van der Waals surface area contributed by atoms with Gasteiger partial charge >= 0.3 is 6.11 Å². The van der Waals surface area contributed by atoms with E-state index in [2.05, 4.69) is 14.8 Å². The van der Waals surface area contributed by atoms with Crippen LogP contribution in [0.25, 0.3) is 11.1 Å². The average Bonchev–Trinajstić information content (AvgIpc) is 3.30. The molecule has 1 aliphatic heterocycles. The number of hydrogen-bond acceptors (Lipinski definition) is 6. The molecule has 1 aliphatic rings. The predicted octanol–water partition coefficient (Wildman–Crippen LogP) is 4.60. The van der Waals surface area contributed by atoms with E-state index in [4.69, 9.17) is 39.4 Å². The van der Waals surface area contributed by atoms with E-state index in [1.807, 2.05) is 0 Å². The smallest absolute Gasteiger partial charge is 0.379 e. The van der Waals surface area contributed by atoms with Crippen LogP contribution in [-0.2, 0) is 4.74 Å². The highest BCUT2D eigenvalue weighted by Crippen LogP contribution is 2.39. The van der Waals surface area contributed by atoms with Crippen LogP contribution in [0.2, 0.25) is 10.0 Å². The van der Waals surface area contributed by atoms with E-state index in [1.165, 1.54) is 24.7 Å². The molecule has 1 saturated heterocycles. The second-order valence-corrected chi connectivity index (χ2v) is 8.10. The van der Waals surface area contributed by atoms with Gasteiger partial charge < -0.3 is 20.9 Å². The first kappa shape index (κ1) is 22.7. The van der Waals surface area contributed by atoms with Gasteiger partial charge in [-0.3, -0.25) is 4.68 Å². The molecule has 1 aromatic carbocycles. The van der Waals surface area contributed by atoms with Gasteiger partial charge in [-0.15, -0.1) is 0 Å². The lowest BCUT2D eigenvalue weighted by Crippen LogP contribution is -2.37. The summed E-state index contributed by atoms with van der Waals surface area (Å²) in [6.45, 7) is 1.34. The first-order valence-electron chi connectivity index (χ1n) is 9.46. The van der Waals surface area contributed by atoms with Crippen molar-refractivity contribution >= 4 is 29.0 Å². The van der Waals surface area contributed by atoms with Gasteiger partial charge in [-0.05, 0) is 25.1 Å². The molecule has 3 atom stereocenters. The summed E-state index contributed by atoms with van der Waals surface area (Å²) in [6, 6.07) is 1.73. The van der Waals surface area contributed by atoms with Crippen LogP contribution in [0.1, 0.15) is 24.6 Å². The molecule has 1 fully saturated rings. The van der Waals surface area contributed by atoms with Gasteiger partial charge in [-0.25, -0.2) is 9.37 Å². The summed E-state index contributed by atoms with van der Waals surface area (Å²) in [4.78, 5) is 4.09. The second-order valence-electron chi connectivity index (χ2n) is 7.31. The van der Waals surface area contributed by atoms with Crippen LogP contribution < -0.4 is 16.2 Å². The van der Waals surface area contributed by atoms with Gasteiger partial charge in [0, 0.05) is 34.1 Å². The molecule has 7 nitrogen and oxygen atoms in total. The van der Waals surface area contributed by atoms with Crippen molar-refractivity contribution in [1.82, 2.24) is 14.8 Å². The number of ether oxygens (including phenoxy) is 2. The third-order valence-electron chi connectivity index (χ3n) is 5.11. The van der Waals surface area contributed by atoms with Crippen LogP contribution in [0.5, 0.6) is 5.75 Å². The van der Waals surface area contributed by atoms with E-state index >= 15 is 0 Å². The van der Waals surface area contributed by atoms with E-state index in [0.29, 0.717) is 11.1 Å². The zero-order valence-corrected chi connectivity index (χ0v) is 18.1. The number of rotatable bonds is 5. The van der Waals surface area contributed by atoms with Crippen LogP contribution in [0, 0.1) is 5.82 Å². The molecule has 4 rings (SSSR count). The lowest BCUT2D eigenvalue weighted by Gasteiger charge is -2.20. The Labute approximate surface area is 191 Å². The molecule has 4 N–H and O–H groups in total. The molecule has 0 bridgehead atoms. The molecule has 32 heavy (non-hydrogen) atoms. The van der Waals surface area contributed by atoms with Crippen LogP contribution in [0.3, 0.4) is 0 Å². The molecular weight excluding hydrogens is 470 g/mol. The molecule has 170 valence electrons. The van der Waals surface area contributed by atoms with Crippen molar-refractivity contribution in [2.75, 3.05) is 12.3 Å². The van der Waals surface area contributed by atoms with Gasteiger partial charge in [0.2, 0.25) is 0 Å². The Kier molecular flexibility index (Phi) is 5.97. The van der Waals surface area contributed by atoms with Gasteiger partial charge in [-0.2, -0.15) is 13.9 Å². The van der Waals surface area contributed by atoms with E-state index in [9.17, 15) is 13.2 Å². The average molecular weight is 488 g/mol. The Morgan fingerprint density at radius 3 is 2.72 bits per heavy atom. The van der Waals surface area contributed by atoms with Crippen molar-refractivity contribution in [3.63, 3.8) is 0 Å². The fraction of sp³-hybridized carbons (Fsp3) is 0.300. The normalized spacial score (nSPS) is 21.0. The van der Waals surface area contributed by atoms with Gasteiger partial charge in [-0.1, -0.05) is 23.2 Å². The maximum atomic E-state index is 14.0. The fourth-order valence-corrected chi connectivity index (χ4v) is 4.17. The highest BCUT2D eigenvalue weighted by Gasteiger charge is 2.52. The zero-order valence-electron chi connectivity index (χ0n) is 16.6. The Morgan fingerprint density at radius 1 is 1.28 bits per heavy atom. The number of halogens is 5. The lowest BCUT2D eigenvalue weighted by atomic mass is 10.1. The first-order valence-corrected chi connectivity index (χ1v) is 10.2. The largest absolute Gasteiger partial charge is 0.482 e. The molecule has 0 radical (unpaired) electrons. The van der Waals surface area contributed by atoms with Crippen LogP contribution in [-0.4, -0.2) is 33.5 Å². The highest BCUT2D eigenvalue weighted by atomic mass is 35.5. The summed E-state index contributed by atoms with van der Waals surface area (Å²) in [5.74, 6) is -0.403. The topological polar surface area (TPSA) is 101 Å². The number of benzene rings is 1. The monoisotopic (exact) mass is 487 g/mol. The van der Waals surface area contributed by atoms with E-state index in [-0.39, 0.29) is 33.8 Å². The highest BCUT2D eigenvalue weighted by molar-refractivity contribution is 6.36. The first-order chi connectivity index (χ1) is 15.1. The number of nitrogens with zero attached hydrogens (tertiary/aromatic N) is 3. The lowest BCUT2D eigenvalue weighted by molar-refractivity contribution is -0.227. The minimum atomic E-state index is -3.44. The Bertz CT molecular complexity index is 1160. The van der Waals surface area contributed by atoms with Crippen LogP contribution in [0.15, 0.2) is 36.8 Å². The van der Waals surface area contributed by atoms with Crippen molar-refractivity contribution in [1.29, 1.82) is 0 Å². The minimum Gasteiger partial charge on any atom is -0.482 e. The summed E-state index contributed by atoms with van der Waals surface area (Å²) >= 11 is 12.2. The Morgan fingerprint density at radius 2 is 2.03 bits per heavy atom. The zero-order chi connectivity index (χ0) is 23.2. The molecule has 0 amide bonds. The summed E-state index contributed by atoms with van der Waals surface area (Å²) in [5, 5.41) is 4.08. The SMILES string of the molecule is CC(Oc1cc(-c2cnn(C3C(N)COC3(F)F)c2)cnc1N)c1c(Cl)ccc(F)c1Cl. The molecule has 3 heterocycles. The molecule has 3 unspecified atom stereocenters. The molecular formula is C20H18Cl2F3N5O2. The van der Waals surface area contributed by atoms with Crippen LogP contribution in [0.4, 0.5) is 19.0 Å². The van der Waals surface area contributed by atoms with E-state index in [0.717, 1.165) is 10.7 Å². The van der Waals surface area contributed by atoms with E-state index in [1.54, 1.807) is 13.0 Å². The van der Waals surface area contributed by atoms with Crippen molar-refractivity contribution < 1.29 is 22.6 Å². The number of nitrogen functional groups attached to an aromatic ring is 1. The number of alkyl halides is 2. The van der Waals surface area contributed by atoms with Crippen LogP contribution >= 0.6 is 23.2 Å². The third-order valence-corrected chi connectivity index (χ3v) is 5.82. The van der Waals surface area contributed by atoms with E-state index < -0.39 is 30.1 Å². The standard InChI is InChI=1S/C20H18Cl2F3N5O2/c1-9(16-12(21)2-3-13(23)17(16)22)32-15-4-10(5-28-19(15)27)11-6-29-30(7-11)18-14(26)8-31-20(18,24)25/h2-7,9,14,18H,8,26H2,1H3,(H2,27,28). The molecule has 0 saturated carbocycles. The predicted molar refractivity (Wildman–Crippen MR) is 113 cm³/mol. The van der Waals surface area contributed by atoms with Gasteiger partial charge in [0.05, 0.1) is 23.9 Å². The fourth-order valence-electron chi connectivity index (χ4n) is 3.49. The number of pyridine rings is 1. The maximum absolute atomic E-state index is 14.0. The van der Waals surface area contributed by atoms with Gasteiger partial charge in [0.1, 0.15) is 11.9 Å². The number of hydrogen-bond donors (Lipinski definition) is 2. The third kappa shape index (κ3) is 4.11. The minimum absolute atomic E-state index is 0.0642. The maximum Gasteiger partial charge on any atom is 0.379 e. The van der Waals surface area contributed by atoms with Gasteiger partial charge in [0.25, 0.3) is 0 Å². The molecule has 12 heteroatoms. The quantitative estimate of drug-likeness (QED) is 0.509. The summed E-state index contributed by atoms with van der Waals surface area (Å²) < 4.78 is 53.3. The number of aromatic nitrogens is 3. The van der Waals surface area contributed by atoms with Crippen molar-refractivity contribution in [3.8, 4) is 16.9 Å². The Hall–Kier alpha value is -2.53. The van der Waals surface area contributed by atoms with Gasteiger partial charge in [0.15, 0.2) is 17.6 Å². The number of nitrogens with two attached hydrogens (primary N) is 2. The molecule has 0 aliphatic carbocycles. The van der Waals surface area contributed by atoms with Crippen molar-refractivity contribution in [2.24, 2.45) is 5.73 Å². The van der Waals surface area contributed by atoms with Crippen molar-refractivity contribution in [3.05, 3.63) is 58.2 Å². The second kappa shape index (κ2) is 8.43. The summed E-state index contributed by atoms with van der Waals surface area (Å²) in [7, 11) is 0. The molecule has 0 spiro atoms. The number of anilines is 1.